The van der Waals surface area contributed by atoms with E-state index in [4.69, 9.17) is 0 Å². The van der Waals surface area contributed by atoms with E-state index >= 15 is 0 Å². The highest BCUT2D eigenvalue weighted by Gasteiger charge is 2.10. The van der Waals surface area contributed by atoms with Gasteiger partial charge >= 0.3 is 0 Å². The quantitative estimate of drug-likeness (QED) is 0.908. The molecule has 0 saturated heterocycles. The number of benzene rings is 1. The SMILES string of the molecule is CC(C)NCc1snnc1-c1ccc(F)cc1. The lowest BCUT2D eigenvalue weighted by molar-refractivity contribution is 0.593. The molecule has 0 bridgehead atoms. The van der Waals surface area contributed by atoms with Gasteiger partial charge in [-0.2, -0.15) is 0 Å². The lowest BCUT2D eigenvalue weighted by Crippen LogP contribution is -2.21. The monoisotopic (exact) mass is 251 g/mol. The van der Waals surface area contributed by atoms with E-state index in [1.54, 1.807) is 12.1 Å². The topological polar surface area (TPSA) is 37.8 Å². The number of aromatic nitrogens is 2. The van der Waals surface area contributed by atoms with Gasteiger partial charge in [0.15, 0.2) is 0 Å². The number of hydrogen-bond acceptors (Lipinski definition) is 4. The zero-order valence-electron chi connectivity index (χ0n) is 9.77. The molecule has 0 spiro atoms. The summed E-state index contributed by atoms with van der Waals surface area (Å²) in [5.74, 6) is -0.237. The van der Waals surface area contributed by atoms with E-state index < -0.39 is 0 Å². The molecule has 0 unspecified atom stereocenters. The van der Waals surface area contributed by atoms with Gasteiger partial charge in [0, 0.05) is 18.2 Å². The molecule has 0 atom stereocenters. The maximum Gasteiger partial charge on any atom is 0.123 e. The van der Waals surface area contributed by atoms with Crippen LogP contribution in [-0.4, -0.2) is 15.6 Å². The molecule has 0 radical (unpaired) electrons. The predicted octanol–water partition coefficient (Wildman–Crippen LogP) is 2.84. The number of rotatable bonds is 4. The Balaban J connectivity index is 2.21. The molecule has 0 aliphatic heterocycles. The van der Waals surface area contributed by atoms with E-state index in [9.17, 15) is 4.39 Å². The summed E-state index contributed by atoms with van der Waals surface area (Å²) in [4.78, 5) is 1.07. The minimum atomic E-state index is -0.237. The van der Waals surface area contributed by atoms with Crippen molar-refractivity contribution in [3.63, 3.8) is 0 Å². The third-order valence-corrected chi connectivity index (χ3v) is 3.07. The highest BCUT2D eigenvalue weighted by Crippen LogP contribution is 2.23. The fraction of sp³-hybridized carbons (Fsp3) is 0.333. The summed E-state index contributed by atoms with van der Waals surface area (Å²) in [6.07, 6.45) is 0. The van der Waals surface area contributed by atoms with Gasteiger partial charge < -0.3 is 5.32 Å². The lowest BCUT2D eigenvalue weighted by atomic mass is 10.1. The smallest absolute Gasteiger partial charge is 0.123 e. The molecule has 0 aliphatic carbocycles. The van der Waals surface area contributed by atoms with E-state index in [2.05, 4.69) is 28.8 Å². The van der Waals surface area contributed by atoms with Gasteiger partial charge in [0.25, 0.3) is 0 Å². The number of hydrogen-bond donors (Lipinski definition) is 1. The Morgan fingerprint density at radius 1 is 1.29 bits per heavy atom. The molecule has 5 heteroatoms. The second-order valence-electron chi connectivity index (χ2n) is 4.09. The Labute approximate surface area is 104 Å². The zero-order valence-corrected chi connectivity index (χ0v) is 10.6. The van der Waals surface area contributed by atoms with Crippen molar-refractivity contribution < 1.29 is 4.39 Å². The first-order chi connectivity index (χ1) is 8.16. The first-order valence-corrected chi connectivity index (χ1v) is 6.24. The van der Waals surface area contributed by atoms with Gasteiger partial charge in [-0.25, -0.2) is 4.39 Å². The summed E-state index contributed by atoms with van der Waals surface area (Å²) in [5.41, 5.74) is 1.74. The zero-order chi connectivity index (χ0) is 12.3. The third kappa shape index (κ3) is 3.08. The van der Waals surface area contributed by atoms with Gasteiger partial charge in [0.1, 0.15) is 11.5 Å². The van der Waals surface area contributed by atoms with Gasteiger partial charge in [-0.1, -0.05) is 18.3 Å². The van der Waals surface area contributed by atoms with Crippen molar-refractivity contribution >= 4 is 11.5 Å². The molecule has 17 heavy (non-hydrogen) atoms. The van der Waals surface area contributed by atoms with E-state index in [1.165, 1.54) is 23.7 Å². The van der Waals surface area contributed by atoms with Crippen molar-refractivity contribution in [2.45, 2.75) is 26.4 Å². The predicted molar refractivity (Wildman–Crippen MR) is 67.3 cm³/mol. The van der Waals surface area contributed by atoms with E-state index in [-0.39, 0.29) is 5.82 Å². The van der Waals surface area contributed by atoms with E-state index in [1.807, 2.05) is 0 Å². The minimum Gasteiger partial charge on any atom is -0.310 e. The van der Waals surface area contributed by atoms with Gasteiger partial charge in [-0.05, 0) is 35.8 Å². The van der Waals surface area contributed by atoms with Crippen LogP contribution in [0.2, 0.25) is 0 Å². The molecular formula is C12H14FN3S. The van der Waals surface area contributed by atoms with E-state index in [0.29, 0.717) is 6.04 Å². The van der Waals surface area contributed by atoms with Crippen molar-refractivity contribution in [2.75, 3.05) is 0 Å². The number of nitrogens with one attached hydrogen (secondary N) is 1. The highest BCUT2D eigenvalue weighted by molar-refractivity contribution is 7.05. The van der Waals surface area contributed by atoms with Crippen LogP contribution in [0, 0.1) is 5.82 Å². The molecule has 3 nitrogen and oxygen atoms in total. The summed E-state index contributed by atoms with van der Waals surface area (Å²) in [7, 11) is 0. The fourth-order valence-corrected chi connectivity index (χ4v) is 2.06. The minimum absolute atomic E-state index is 0.237. The molecule has 1 aromatic carbocycles. The molecule has 0 fully saturated rings. The Morgan fingerprint density at radius 2 is 2.00 bits per heavy atom. The molecule has 0 amide bonds. The lowest BCUT2D eigenvalue weighted by Gasteiger charge is -2.07. The highest BCUT2D eigenvalue weighted by atomic mass is 32.1. The van der Waals surface area contributed by atoms with Crippen molar-refractivity contribution in [3.8, 4) is 11.3 Å². The van der Waals surface area contributed by atoms with Crippen LogP contribution in [0.1, 0.15) is 18.7 Å². The summed E-state index contributed by atoms with van der Waals surface area (Å²) in [6, 6.07) is 6.75. The average molecular weight is 251 g/mol. The van der Waals surface area contributed by atoms with Crippen molar-refractivity contribution in [1.82, 2.24) is 14.9 Å². The maximum atomic E-state index is 12.8. The standard InChI is InChI=1S/C12H14FN3S/c1-8(2)14-7-11-12(15-16-17-11)9-3-5-10(13)6-4-9/h3-6,8,14H,7H2,1-2H3. The summed E-state index contributed by atoms with van der Waals surface area (Å²) in [6.45, 7) is 4.92. The molecule has 1 aromatic heterocycles. The van der Waals surface area contributed by atoms with Crippen molar-refractivity contribution in [3.05, 3.63) is 35.0 Å². The molecule has 2 aromatic rings. The first-order valence-electron chi connectivity index (χ1n) is 5.47. The van der Waals surface area contributed by atoms with Crippen LogP contribution in [0.5, 0.6) is 0 Å². The summed E-state index contributed by atoms with van der Waals surface area (Å²) in [5, 5.41) is 7.43. The van der Waals surface area contributed by atoms with Crippen LogP contribution in [-0.2, 0) is 6.54 Å². The van der Waals surface area contributed by atoms with Gasteiger partial charge in [-0.15, -0.1) is 5.10 Å². The molecular weight excluding hydrogens is 237 g/mol. The fourth-order valence-electron chi connectivity index (χ4n) is 1.45. The summed E-state index contributed by atoms with van der Waals surface area (Å²) >= 11 is 1.37. The molecule has 2 rings (SSSR count). The maximum absolute atomic E-state index is 12.8. The first kappa shape index (κ1) is 12.1. The second kappa shape index (κ2) is 5.33. The van der Waals surface area contributed by atoms with Crippen LogP contribution in [0.15, 0.2) is 24.3 Å². The van der Waals surface area contributed by atoms with Crippen LogP contribution >= 0.6 is 11.5 Å². The molecule has 1 N–H and O–H groups in total. The number of halogens is 1. The van der Waals surface area contributed by atoms with Crippen LogP contribution in [0.3, 0.4) is 0 Å². The Bertz CT molecular complexity index is 479. The summed E-state index contributed by atoms with van der Waals surface area (Å²) < 4.78 is 16.8. The number of nitrogens with zero attached hydrogens (tertiary/aromatic N) is 2. The molecule has 0 saturated carbocycles. The second-order valence-corrected chi connectivity index (χ2v) is 4.93. The van der Waals surface area contributed by atoms with Crippen molar-refractivity contribution in [1.29, 1.82) is 0 Å². The molecule has 90 valence electrons. The van der Waals surface area contributed by atoms with Gasteiger partial charge in [0.2, 0.25) is 0 Å². The Kier molecular flexibility index (Phi) is 3.81. The largest absolute Gasteiger partial charge is 0.310 e. The Hall–Kier alpha value is -1.33. The molecule has 1 heterocycles. The van der Waals surface area contributed by atoms with Crippen LogP contribution < -0.4 is 5.32 Å². The van der Waals surface area contributed by atoms with Crippen LogP contribution in [0.4, 0.5) is 4.39 Å². The normalized spacial score (nSPS) is 11.1. The Morgan fingerprint density at radius 3 is 2.65 bits per heavy atom. The van der Waals surface area contributed by atoms with Crippen LogP contribution in [0.25, 0.3) is 11.3 Å². The average Bonchev–Trinajstić information content (AvgIpc) is 2.75. The van der Waals surface area contributed by atoms with Gasteiger partial charge in [-0.3, -0.25) is 0 Å². The third-order valence-electron chi connectivity index (χ3n) is 2.34. The molecule has 0 aliphatic rings. The van der Waals surface area contributed by atoms with Crippen molar-refractivity contribution in [2.24, 2.45) is 0 Å². The van der Waals surface area contributed by atoms with Gasteiger partial charge in [0.05, 0.1) is 4.88 Å². The van der Waals surface area contributed by atoms with E-state index in [0.717, 1.165) is 22.7 Å².